The van der Waals surface area contributed by atoms with Crippen LogP contribution < -0.4 is 45.4 Å². The second-order valence-electron chi connectivity index (χ2n) is 8.03. The van der Waals surface area contributed by atoms with Gasteiger partial charge in [-0.15, -0.1) is 0 Å². The number of nitrogens with zero attached hydrogens (tertiary/aromatic N) is 1. The van der Waals surface area contributed by atoms with Gasteiger partial charge in [-0.3, -0.25) is 0 Å². The standard InChI is InChI=1S/C25H20FIN5O3/c1-34-24-16(26)6-3-7-18(24)31-23-20-22-17(11-29-25(20)33)27-35-14-5-2-4-13(10-14)30-19-12-28-9-8-15(19)21(23)32-22/h2-10,12,17,30-32H,11H2,1H3,(H,29,33)/q-1. The summed E-state index contributed by atoms with van der Waals surface area (Å²) in [5.74, 6) is 0.127. The van der Waals surface area contributed by atoms with Crippen LogP contribution in [0.2, 0.25) is 0 Å². The van der Waals surface area contributed by atoms with E-state index in [4.69, 9.17) is 7.80 Å². The first kappa shape index (κ1) is 21.7. The number of alkyl halides is 1. The number of fused-ring (bicyclic) bond motifs is 5. The Hall–Kier alpha value is -3.80. The molecule has 2 aromatic heterocycles. The number of para-hydroxylation sites is 1. The van der Waals surface area contributed by atoms with Crippen molar-refractivity contribution in [2.75, 3.05) is 24.3 Å². The van der Waals surface area contributed by atoms with Crippen LogP contribution in [0.15, 0.2) is 60.9 Å². The van der Waals surface area contributed by atoms with E-state index < -0.39 is 27.4 Å². The van der Waals surface area contributed by atoms with E-state index >= 15 is 0 Å². The Kier molecular flexibility index (Phi) is 5.44. The van der Waals surface area contributed by atoms with Crippen LogP contribution in [-0.2, 0) is 0 Å². The van der Waals surface area contributed by atoms with E-state index in [9.17, 15) is 9.18 Å². The van der Waals surface area contributed by atoms with Gasteiger partial charge in [-0.05, 0) is 0 Å². The summed E-state index contributed by atoms with van der Waals surface area (Å²) in [4.78, 5) is 21.0. The van der Waals surface area contributed by atoms with Crippen LogP contribution in [0.1, 0.15) is 20.0 Å². The van der Waals surface area contributed by atoms with Crippen molar-refractivity contribution >= 4 is 28.7 Å². The van der Waals surface area contributed by atoms with E-state index in [1.54, 1.807) is 24.5 Å². The maximum absolute atomic E-state index is 14.5. The third kappa shape index (κ3) is 3.83. The van der Waals surface area contributed by atoms with Crippen molar-refractivity contribution in [2.45, 2.75) is 3.92 Å². The summed E-state index contributed by atoms with van der Waals surface area (Å²) >= 11 is -0.819. The van der Waals surface area contributed by atoms with Gasteiger partial charge in [0, 0.05) is 0 Å². The SMILES string of the molecule is COc1c(F)cccc1Nc1c2[nH]c3c1C(=O)NCC3[I-]Oc1cccc(c1)Nc1cnccc1-2. The maximum atomic E-state index is 14.5. The fraction of sp³-hybridized carbons (Fsp3) is 0.120. The number of aromatic nitrogens is 2. The van der Waals surface area contributed by atoms with Crippen LogP contribution >= 0.6 is 0 Å². The number of methoxy groups -OCH3 is 1. The number of carbonyl (C=O) groups is 1. The molecule has 0 fully saturated rings. The van der Waals surface area contributed by atoms with Gasteiger partial charge in [0.05, 0.1) is 0 Å². The molecule has 0 radical (unpaired) electrons. The Morgan fingerprint density at radius 2 is 2.11 bits per heavy atom. The third-order valence-corrected chi connectivity index (χ3v) is 8.33. The number of H-pyrrole nitrogens is 1. The van der Waals surface area contributed by atoms with Gasteiger partial charge in [-0.25, -0.2) is 0 Å². The van der Waals surface area contributed by atoms with Gasteiger partial charge in [-0.2, -0.15) is 0 Å². The molecule has 6 rings (SSSR count). The second kappa shape index (κ2) is 8.77. The number of benzene rings is 2. The number of carbonyl (C=O) groups excluding carboxylic acids is 1. The molecule has 1 atom stereocenters. The van der Waals surface area contributed by atoms with Crippen LogP contribution in [0.4, 0.5) is 27.1 Å². The number of amides is 1. The minimum atomic E-state index is -0.819. The molecule has 10 heteroatoms. The van der Waals surface area contributed by atoms with Crippen molar-refractivity contribution in [3.8, 4) is 22.8 Å². The summed E-state index contributed by atoms with van der Waals surface area (Å²) in [5, 5.41) is 9.70. The van der Waals surface area contributed by atoms with Crippen LogP contribution in [0.5, 0.6) is 11.5 Å². The van der Waals surface area contributed by atoms with Crippen LogP contribution in [0.25, 0.3) is 11.3 Å². The first-order valence-electron chi connectivity index (χ1n) is 10.9. The van der Waals surface area contributed by atoms with Crippen molar-refractivity contribution in [1.82, 2.24) is 15.3 Å². The first-order chi connectivity index (χ1) is 17.1. The molecule has 2 aliphatic rings. The fourth-order valence-electron chi connectivity index (χ4n) is 4.31. The molecule has 0 saturated heterocycles. The molecule has 4 N–H and O–H groups in total. The van der Waals surface area contributed by atoms with Gasteiger partial charge in [0.15, 0.2) is 0 Å². The molecule has 35 heavy (non-hydrogen) atoms. The average Bonchev–Trinajstić information content (AvgIpc) is 3.24. The molecule has 4 heterocycles. The predicted octanol–water partition coefficient (Wildman–Crippen LogP) is 1.89. The summed E-state index contributed by atoms with van der Waals surface area (Å²) in [6.07, 6.45) is 3.42. The minimum absolute atomic E-state index is 0.00784. The molecule has 4 bridgehead atoms. The summed E-state index contributed by atoms with van der Waals surface area (Å²) in [6, 6.07) is 14.3. The normalized spacial score (nSPS) is 16.2. The van der Waals surface area contributed by atoms with E-state index in [0.29, 0.717) is 29.2 Å². The molecule has 1 amide bonds. The molecule has 178 valence electrons. The van der Waals surface area contributed by atoms with E-state index in [-0.39, 0.29) is 15.6 Å². The average molecular weight is 584 g/mol. The zero-order chi connectivity index (χ0) is 23.9. The third-order valence-electron chi connectivity index (χ3n) is 5.89. The van der Waals surface area contributed by atoms with E-state index in [2.05, 4.69) is 25.9 Å². The van der Waals surface area contributed by atoms with Gasteiger partial charge in [-0.1, -0.05) is 0 Å². The van der Waals surface area contributed by atoms with Crippen molar-refractivity contribution < 1.29 is 38.6 Å². The Bertz CT molecular complexity index is 1460. The number of rotatable bonds is 3. The van der Waals surface area contributed by atoms with Gasteiger partial charge >= 0.3 is 212 Å². The molecule has 1 unspecified atom stereocenters. The number of hydrogen-bond donors (Lipinski definition) is 4. The number of aromatic amines is 1. The van der Waals surface area contributed by atoms with Crippen LogP contribution in [0.3, 0.4) is 0 Å². The molecule has 0 spiro atoms. The van der Waals surface area contributed by atoms with Crippen LogP contribution in [0, 0.1) is 5.82 Å². The van der Waals surface area contributed by atoms with E-state index in [1.807, 2.05) is 30.3 Å². The second-order valence-corrected chi connectivity index (χ2v) is 10.5. The molecule has 0 aliphatic carbocycles. The van der Waals surface area contributed by atoms with Crippen molar-refractivity contribution in [3.63, 3.8) is 0 Å². The summed E-state index contributed by atoms with van der Waals surface area (Å²) in [7, 11) is 1.41. The Balaban J connectivity index is 1.59. The number of halogens is 2. The number of ether oxygens (including phenoxy) is 1. The van der Waals surface area contributed by atoms with Gasteiger partial charge < -0.3 is 0 Å². The van der Waals surface area contributed by atoms with Crippen molar-refractivity contribution in [3.05, 3.63) is 78.0 Å². The number of nitrogens with one attached hydrogen (secondary N) is 4. The molecular formula is C25H20FIN5O3-. The Labute approximate surface area is 211 Å². The zero-order valence-electron chi connectivity index (χ0n) is 18.5. The summed E-state index contributed by atoms with van der Waals surface area (Å²) in [6.45, 7) is 0.475. The molecule has 4 aromatic rings. The van der Waals surface area contributed by atoms with Gasteiger partial charge in [0.2, 0.25) is 0 Å². The molecule has 0 saturated carbocycles. The van der Waals surface area contributed by atoms with E-state index in [0.717, 1.165) is 28.4 Å². The molecular weight excluding hydrogens is 564 g/mol. The first-order valence-corrected chi connectivity index (χ1v) is 13.0. The van der Waals surface area contributed by atoms with Gasteiger partial charge in [0.1, 0.15) is 0 Å². The molecule has 8 nitrogen and oxygen atoms in total. The quantitative estimate of drug-likeness (QED) is 0.217. The summed E-state index contributed by atoms with van der Waals surface area (Å²) in [5.41, 5.74) is 5.33. The van der Waals surface area contributed by atoms with Crippen molar-refractivity contribution in [2.24, 2.45) is 0 Å². The zero-order valence-corrected chi connectivity index (χ0v) is 20.6. The topological polar surface area (TPSA) is 100 Å². The Morgan fingerprint density at radius 1 is 1.23 bits per heavy atom. The van der Waals surface area contributed by atoms with Crippen LogP contribution in [-0.4, -0.2) is 29.5 Å². The number of hydrogen-bond acceptors (Lipinski definition) is 6. The Morgan fingerprint density at radius 3 is 3.00 bits per heavy atom. The molecule has 2 aliphatic heterocycles. The van der Waals surface area contributed by atoms with Gasteiger partial charge in [0.25, 0.3) is 0 Å². The van der Waals surface area contributed by atoms with E-state index in [1.165, 1.54) is 13.2 Å². The monoisotopic (exact) mass is 584 g/mol. The summed E-state index contributed by atoms with van der Waals surface area (Å²) < 4.78 is 26.0. The number of pyridine rings is 1. The number of anilines is 4. The van der Waals surface area contributed by atoms with Crippen molar-refractivity contribution in [1.29, 1.82) is 0 Å². The molecule has 2 aromatic carbocycles. The fourth-order valence-corrected chi connectivity index (χ4v) is 6.31. The predicted molar refractivity (Wildman–Crippen MR) is 126 cm³/mol.